The van der Waals surface area contributed by atoms with Crippen LogP contribution in [-0.2, 0) is 0 Å². The Morgan fingerprint density at radius 2 is 1.03 bits per heavy atom. The SMILES string of the molecule is CC(C)(C)C1=P[C@@]2(C(C)(C)C)P3C(C(C)(C)C)=C(C(C)(C)C)P([C@H]3C(C)(C)C)P2C1C(C)(C)C. The van der Waals surface area contributed by atoms with Crippen LogP contribution in [0.3, 0.4) is 0 Å². The van der Waals surface area contributed by atoms with Crippen LogP contribution in [0.5, 0.6) is 0 Å². The van der Waals surface area contributed by atoms with Crippen LogP contribution in [0.4, 0.5) is 0 Å². The molecular weight excluding hydrogens is 484 g/mol. The van der Waals surface area contributed by atoms with Crippen LogP contribution in [0.1, 0.15) is 125 Å². The Balaban J connectivity index is 2.55. The van der Waals surface area contributed by atoms with Crippen molar-refractivity contribution in [1.82, 2.24) is 0 Å². The highest BCUT2D eigenvalue weighted by atomic mass is 32.1. The minimum atomic E-state index is -0.232. The average molecular weight is 541 g/mol. The number of hydrogen-bond donors (Lipinski definition) is 0. The van der Waals surface area contributed by atoms with Gasteiger partial charge in [-0.25, -0.2) is 0 Å². The second-order valence-corrected chi connectivity index (χ2v) is 28.7. The molecule has 0 saturated carbocycles. The zero-order valence-corrected chi connectivity index (χ0v) is 29.5. The molecule has 0 aromatic heterocycles. The fourth-order valence-corrected chi connectivity index (χ4v) is 38.5. The van der Waals surface area contributed by atoms with Crippen LogP contribution in [0, 0.1) is 32.5 Å². The molecule has 2 bridgehead atoms. The molecule has 3 aliphatic rings. The zero-order valence-electron chi connectivity index (χ0n) is 25.9. The van der Waals surface area contributed by atoms with Gasteiger partial charge in [0.1, 0.15) is 0 Å². The van der Waals surface area contributed by atoms with Gasteiger partial charge >= 0.3 is 0 Å². The molecule has 0 amide bonds. The van der Waals surface area contributed by atoms with Gasteiger partial charge in [0.25, 0.3) is 0 Å². The summed E-state index contributed by atoms with van der Waals surface area (Å²) < 4.78 is 0.458. The number of allylic oxidation sites excluding steroid dienone is 2. The quantitative estimate of drug-likeness (QED) is 0.268. The first-order valence-electron chi connectivity index (χ1n) is 13.4. The molecule has 3 heterocycles. The van der Waals surface area contributed by atoms with E-state index in [9.17, 15) is 0 Å². The predicted octanol–water partition coefficient (Wildman–Crippen LogP) is 12.3. The second kappa shape index (κ2) is 8.10. The Bertz CT molecular complexity index is 896. The van der Waals surface area contributed by atoms with E-state index in [-0.39, 0.29) is 39.4 Å². The molecular formula is C30H56P4. The molecule has 0 radical (unpaired) electrons. The summed E-state index contributed by atoms with van der Waals surface area (Å²) in [4.78, 5) is 0. The average Bonchev–Trinajstić information content (AvgIpc) is 3.14. The highest BCUT2D eigenvalue weighted by Crippen LogP contribution is 3.12. The van der Waals surface area contributed by atoms with Crippen molar-refractivity contribution in [1.29, 1.82) is 0 Å². The maximum atomic E-state index is 2.64. The van der Waals surface area contributed by atoms with E-state index in [1.54, 1.807) is 8.20 Å². The van der Waals surface area contributed by atoms with Gasteiger partial charge in [0.05, 0.1) is 4.64 Å². The Hall–Kier alpha value is 1.20. The summed E-state index contributed by atoms with van der Waals surface area (Å²) >= 11 is 0. The Kier molecular flexibility index (Phi) is 7.09. The van der Waals surface area contributed by atoms with E-state index in [0.717, 1.165) is 11.1 Å². The first kappa shape index (κ1) is 29.8. The maximum absolute atomic E-state index is 2.64. The Morgan fingerprint density at radius 1 is 0.588 bits per heavy atom. The van der Waals surface area contributed by atoms with Crippen LogP contribution in [0.25, 0.3) is 0 Å². The van der Waals surface area contributed by atoms with Gasteiger partial charge in [0.2, 0.25) is 0 Å². The van der Waals surface area contributed by atoms with Gasteiger partial charge in [-0.3, -0.25) is 0 Å². The van der Waals surface area contributed by atoms with E-state index in [0.29, 0.717) is 20.9 Å². The zero-order chi connectivity index (χ0) is 26.8. The lowest BCUT2D eigenvalue weighted by Crippen LogP contribution is -2.39. The molecule has 196 valence electrons. The lowest BCUT2D eigenvalue weighted by atomic mass is 9.80. The lowest BCUT2D eigenvalue weighted by molar-refractivity contribution is 0.408. The standard InChI is InChI=1S/C30H56P4/c1-24(2,3)19-20(25(4,5)6)34-30(31-19,29(16,17)18)32-21(26(7,8)9)22(27(10,11)12)33(34)23(32)28(13,14)15/h20,23H,1-18H3/t20?,23-,30-,32?,33?,34?/m0/s1. The molecule has 4 heteroatoms. The third-order valence-electron chi connectivity index (χ3n) is 7.63. The molecule has 3 rings (SSSR count). The minimum Gasteiger partial charge on any atom is -0.0865 e. The fraction of sp³-hybridized carbons (Fsp3) is 0.900. The van der Waals surface area contributed by atoms with Crippen LogP contribution in [0.2, 0.25) is 0 Å². The van der Waals surface area contributed by atoms with Gasteiger partial charge in [-0.2, -0.15) is 0 Å². The van der Waals surface area contributed by atoms with Crippen LogP contribution in [-0.4, -0.2) is 21.0 Å². The van der Waals surface area contributed by atoms with Gasteiger partial charge in [-0.1, -0.05) is 133 Å². The van der Waals surface area contributed by atoms with E-state index in [1.165, 1.54) is 0 Å². The van der Waals surface area contributed by atoms with Crippen LogP contribution >= 0.6 is 31.3 Å². The molecule has 0 N–H and O–H groups in total. The summed E-state index contributed by atoms with van der Waals surface area (Å²) in [5, 5.41) is 6.69. The van der Waals surface area contributed by atoms with Crippen LogP contribution in [0.15, 0.2) is 10.6 Å². The van der Waals surface area contributed by atoms with Crippen molar-refractivity contribution in [2.24, 2.45) is 32.5 Å². The van der Waals surface area contributed by atoms with E-state index in [1.807, 2.05) is 15.9 Å². The smallest absolute Gasteiger partial charge is 0.0655 e. The summed E-state index contributed by atoms with van der Waals surface area (Å²) in [6, 6.07) is 0. The molecule has 1 saturated heterocycles. The molecule has 0 spiro atoms. The van der Waals surface area contributed by atoms with Gasteiger partial charge in [-0.15, -0.1) is 0 Å². The number of hydrogen-bond acceptors (Lipinski definition) is 0. The summed E-state index contributed by atoms with van der Waals surface area (Å²) in [7, 11) is 1.22. The van der Waals surface area contributed by atoms with Crippen molar-refractivity contribution in [2.75, 3.05) is 0 Å². The van der Waals surface area contributed by atoms with Crippen LogP contribution < -0.4 is 0 Å². The summed E-state index contributed by atoms with van der Waals surface area (Å²) in [5.74, 6) is 0. The first-order valence-corrected chi connectivity index (χ1v) is 19.3. The van der Waals surface area contributed by atoms with Crippen molar-refractivity contribution < 1.29 is 0 Å². The molecule has 0 aliphatic carbocycles. The molecule has 0 aromatic carbocycles. The molecule has 6 atom stereocenters. The third kappa shape index (κ3) is 4.33. The van der Waals surface area contributed by atoms with Crippen molar-refractivity contribution in [2.45, 2.75) is 140 Å². The minimum absolute atomic E-state index is 0.129. The summed E-state index contributed by atoms with van der Waals surface area (Å²) in [5.41, 5.74) is 2.58. The van der Waals surface area contributed by atoms with Crippen molar-refractivity contribution in [3.63, 3.8) is 0 Å². The van der Waals surface area contributed by atoms with Gasteiger partial charge < -0.3 is 0 Å². The van der Waals surface area contributed by atoms with E-state index >= 15 is 0 Å². The fourth-order valence-electron chi connectivity index (χ4n) is 6.54. The second-order valence-electron chi connectivity index (χ2n) is 17.4. The summed E-state index contributed by atoms with van der Waals surface area (Å²) in [6.07, 6.45) is 0. The Labute approximate surface area is 219 Å². The first-order chi connectivity index (χ1) is 14.7. The highest BCUT2D eigenvalue weighted by molar-refractivity contribution is 8.43. The number of rotatable bonds is 0. The highest BCUT2D eigenvalue weighted by Gasteiger charge is 2.76. The maximum Gasteiger partial charge on any atom is 0.0655 e. The van der Waals surface area contributed by atoms with Gasteiger partial charge in [0.15, 0.2) is 0 Å². The largest absolute Gasteiger partial charge is 0.0865 e. The lowest BCUT2D eigenvalue weighted by Gasteiger charge is -2.54. The van der Waals surface area contributed by atoms with Gasteiger partial charge in [0, 0.05) is 11.1 Å². The third-order valence-corrected chi connectivity index (χ3v) is 30.4. The molecule has 3 aliphatic heterocycles. The predicted molar refractivity (Wildman–Crippen MR) is 167 cm³/mol. The van der Waals surface area contributed by atoms with E-state index < -0.39 is 0 Å². The molecule has 1 fully saturated rings. The number of fused-ring (bicyclic) bond motifs is 5. The molecule has 34 heavy (non-hydrogen) atoms. The summed E-state index contributed by atoms with van der Waals surface area (Å²) in [6.45, 7) is 46.3. The van der Waals surface area contributed by atoms with Crippen molar-refractivity contribution in [3.8, 4) is 0 Å². The molecule has 0 nitrogen and oxygen atoms in total. The molecule has 0 aromatic rings. The Morgan fingerprint density at radius 3 is 1.32 bits per heavy atom. The van der Waals surface area contributed by atoms with E-state index in [4.69, 9.17) is 0 Å². The normalized spacial score (nSPS) is 35.7. The topological polar surface area (TPSA) is 0 Å². The molecule has 4 unspecified atom stereocenters. The van der Waals surface area contributed by atoms with Crippen molar-refractivity contribution >= 4 is 36.6 Å². The van der Waals surface area contributed by atoms with Crippen molar-refractivity contribution in [3.05, 3.63) is 10.6 Å². The van der Waals surface area contributed by atoms with Gasteiger partial charge in [-0.05, 0) is 71.6 Å². The van der Waals surface area contributed by atoms with E-state index in [2.05, 4.69) is 125 Å². The monoisotopic (exact) mass is 540 g/mol.